The lowest BCUT2D eigenvalue weighted by molar-refractivity contribution is -0.137. The first-order chi connectivity index (χ1) is 9.47. The Labute approximate surface area is 115 Å². The number of aromatic nitrogens is 1. The smallest absolute Gasteiger partial charge is 0.350 e. The molecule has 0 saturated heterocycles. The van der Waals surface area contributed by atoms with Gasteiger partial charge in [0, 0.05) is 12.1 Å². The Bertz CT molecular complexity index is 468. The third-order valence-corrected chi connectivity index (χ3v) is 3.56. The monoisotopic (exact) mass is 286 g/mol. The molecule has 0 spiro atoms. The number of nitrogens with one attached hydrogen (secondary N) is 1. The molecular weight excluding hydrogens is 269 g/mol. The summed E-state index contributed by atoms with van der Waals surface area (Å²) in [6, 6.07) is 1.90. The van der Waals surface area contributed by atoms with Crippen molar-refractivity contribution in [1.29, 1.82) is 0 Å². The molecule has 1 aromatic heterocycles. The molecule has 0 unspecified atom stereocenters. The van der Waals surface area contributed by atoms with Crippen molar-refractivity contribution in [2.75, 3.05) is 0 Å². The van der Waals surface area contributed by atoms with Gasteiger partial charge in [-0.3, -0.25) is 9.78 Å². The van der Waals surface area contributed by atoms with Gasteiger partial charge in [-0.1, -0.05) is 19.3 Å². The molecule has 2 rings (SSSR count). The minimum Gasteiger partial charge on any atom is -0.350 e. The summed E-state index contributed by atoms with van der Waals surface area (Å²) in [7, 11) is 0. The summed E-state index contributed by atoms with van der Waals surface area (Å²) < 4.78 is 37.6. The van der Waals surface area contributed by atoms with E-state index in [9.17, 15) is 18.0 Å². The number of pyridine rings is 1. The van der Waals surface area contributed by atoms with E-state index < -0.39 is 11.7 Å². The van der Waals surface area contributed by atoms with Crippen LogP contribution in [0.3, 0.4) is 0 Å². The Kier molecular flexibility index (Phi) is 4.62. The van der Waals surface area contributed by atoms with Crippen LogP contribution >= 0.6 is 0 Å². The van der Waals surface area contributed by atoms with E-state index in [1.54, 1.807) is 0 Å². The van der Waals surface area contributed by atoms with Crippen LogP contribution < -0.4 is 5.32 Å². The van der Waals surface area contributed by atoms with E-state index in [-0.39, 0.29) is 24.1 Å². The summed E-state index contributed by atoms with van der Waals surface area (Å²) in [6.07, 6.45) is 1.69. The minimum absolute atomic E-state index is 0.00505. The van der Waals surface area contributed by atoms with Gasteiger partial charge < -0.3 is 5.32 Å². The number of carbonyl (C=O) groups is 1. The Morgan fingerprint density at radius 3 is 2.65 bits per heavy atom. The van der Waals surface area contributed by atoms with Crippen LogP contribution in [0.5, 0.6) is 0 Å². The molecule has 20 heavy (non-hydrogen) atoms. The van der Waals surface area contributed by atoms with Gasteiger partial charge in [0.25, 0.3) is 0 Å². The number of hydrogen-bond donors (Lipinski definition) is 1. The van der Waals surface area contributed by atoms with E-state index in [4.69, 9.17) is 0 Å². The van der Waals surface area contributed by atoms with Crippen molar-refractivity contribution in [2.24, 2.45) is 5.92 Å². The Balaban J connectivity index is 1.92. The molecule has 1 aromatic rings. The molecule has 0 atom stereocenters. The van der Waals surface area contributed by atoms with Gasteiger partial charge in [0.1, 0.15) is 0 Å². The van der Waals surface area contributed by atoms with Crippen LogP contribution in [-0.2, 0) is 17.5 Å². The van der Waals surface area contributed by atoms with Crippen molar-refractivity contribution in [3.05, 3.63) is 29.6 Å². The van der Waals surface area contributed by atoms with Gasteiger partial charge in [-0.25, -0.2) is 0 Å². The van der Waals surface area contributed by atoms with E-state index in [1.165, 1.54) is 0 Å². The highest BCUT2D eigenvalue weighted by atomic mass is 19.4. The summed E-state index contributed by atoms with van der Waals surface area (Å²) in [5.74, 6) is -0.0848. The van der Waals surface area contributed by atoms with Crippen LogP contribution in [-0.4, -0.2) is 10.9 Å². The predicted octanol–water partition coefficient (Wildman–Crippen LogP) is 3.30. The van der Waals surface area contributed by atoms with Gasteiger partial charge in [-0.15, -0.1) is 0 Å². The first kappa shape index (κ1) is 14.8. The molecule has 1 N–H and O–H groups in total. The number of alkyl halides is 3. The van der Waals surface area contributed by atoms with Crippen LogP contribution in [0, 0.1) is 5.92 Å². The average Bonchev–Trinajstić information content (AvgIpc) is 2.45. The van der Waals surface area contributed by atoms with Gasteiger partial charge in [0.05, 0.1) is 17.8 Å². The van der Waals surface area contributed by atoms with Crippen LogP contribution in [0.2, 0.25) is 0 Å². The van der Waals surface area contributed by atoms with Gasteiger partial charge in [-0.05, 0) is 25.0 Å². The molecule has 0 aliphatic heterocycles. The molecule has 1 saturated carbocycles. The van der Waals surface area contributed by atoms with Crippen molar-refractivity contribution in [3.63, 3.8) is 0 Å². The Morgan fingerprint density at radius 2 is 2.00 bits per heavy atom. The number of carbonyl (C=O) groups excluding carboxylic acids is 1. The highest BCUT2D eigenvalue weighted by Gasteiger charge is 2.30. The zero-order valence-electron chi connectivity index (χ0n) is 11.0. The van der Waals surface area contributed by atoms with Crippen LogP contribution in [0.25, 0.3) is 0 Å². The SMILES string of the molecule is O=C(NCc1cc(C(F)(F)F)ccn1)C1CCCCC1. The zero-order valence-corrected chi connectivity index (χ0v) is 11.0. The van der Waals surface area contributed by atoms with E-state index >= 15 is 0 Å². The zero-order chi connectivity index (χ0) is 14.6. The fourth-order valence-corrected chi connectivity index (χ4v) is 2.44. The third-order valence-electron chi connectivity index (χ3n) is 3.56. The van der Waals surface area contributed by atoms with Gasteiger partial charge in [0.2, 0.25) is 5.91 Å². The fraction of sp³-hybridized carbons (Fsp3) is 0.571. The summed E-state index contributed by atoms with van der Waals surface area (Å²) in [5.41, 5.74) is -0.515. The van der Waals surface area contributed by atoms with Crippen molar-refractivity contribution >= 4 is 5.91 Å². The molecule has 1 aliphatic carbocycles. The lowest BCUT2D eigenvalue weighted by Crippen LogP contribution is -2.31. The number of amides is 1. The summed E-state index contributed by atoms with van der Waals surface area (Å²) in [5, 5.41) is 2.68. The topological polar surface area (TPSA) is 42.0 Å². The number of rotatable bonds is 3. The summed E-state index contributed by atoms with van der Waals surface area (Å²) in [6.45, 7) is 0.0409. The molecule has 110 valence electrons. The number of halogens is 3. The molecular formula is C14H17F3N2O. The molecule has 1 heterocycles. The van der Waals surface area contributed by atoms with Crippen molar-refractivity contribution in [2.45, 2.75) is 44.8 Å². The first-order valence-corrected chi connectivity index (χ1v) is 6.76. The highest BCUT2D eigenvalue weighted by Crippen LogP contribution is 2.29. The van der Waals surface area contributed by atoms with Gasteiger partial charge in [-0.2, -0.15) is 13.2 Å². The number of hydrogen-bond acceptors (Lipinski definition) is 2. The highest BCUT2D eigenvalue weighted by molar-refractivity contribution is 5.78. The van der Waals surface area contributed by atoms with E-state index in [1.807, 2.05) is 0 Å². The first-order valence-electron chi connectivity index (χ1n) is 6.76. The van der Waals surface area contributed by atoms with Gasteiger partial charge in [0.15, 0.2) is 0 Å². The molecule has 0 radical (unpaired) electrons. The second-order valence-corrected chi connectivity index (χ2v) is 5.09. The standard InChI is InChI=1S/C14H17F3N2O/c15-14(16,17)11-6-7-18-12(8-11)9-19-13(20)10-4-2-1-3-5-10/h6-8,10H,1-5,9H2,(H,19,20). The predicted molar refractivity (Wildman–Crippen MR) is 67.7 cm³/mol. The lowest BCUT2D eigenvalue weighted by Gasteiger charge is -2.20. The van der Waals surface area contributed by atoms with Crippen molar-refractivity contribution < 1.29 is 18.0 Å². The molecule has 1 aliphatic rings. The average molecular weight is 286 g/mol. The maximum atomic E-state index is 12.5. The van der Waals surface area contributed by atoms with Crippen LogP contribution in [0.15, 0.2) is 18.3 Å². The number of nitrogens with zero attached hydrogens (tertiary/aromatic N) is 1. The largest absolute Gasteiger partial charge is 0.416 e. The molecule has 0 aromatic carbocycles. The lowest BCUT2D eigenvalue weighted by atomic mass is 9.89. The quantitative estimate of drug-likeness (QED) is 0.926. The molecule has 6 heteroatoms. The fourth-order valence-electron chi connectivity index (χ4n) is 2.44. The molecule has 1 amide bonds. The molecule has 3 nitrogen and oxygen atoms in total. The second-order valence-electron chi connectivity index (χ2n) is 5.09. The molecule has 0 bridgehead atoms. The third kappa shape index (κ3) is 3.95. The second kappa shape index (κ2) is 6.24. The normalized spacial score (nSPS) is 16.9. The Hall–Kier alpha value is -1.59. The minimum atomic E-state index is -4.38. The molecule has 1 fully saturated rings. The van der Waals surface area contributed by atoms with Crippen LogP contribution in [0.4, 0.5) is 13.2 Å². The Morgan fingerprint density at radius 1 is 1.30 bits per heavy atom. The summed E-state index contributed by atoms with van der Waals surface area (Å²) in [4.78, 5) is 15.7. The maximum absolute atomic E-state index is 12.5. The van der Waals surface area contributed by atoms with Crippen molar-refractivity contribution in [3.8, 4) is 0 Å². The van der Waals surface area contributed by atoms with E-state index in [0.29, 0.717) is 0 Å². The van der Waals surface area contributed by atoms with E-state index in [0.717, 1.165) is 50.4 Å². The van der Waals surface area contributed by atoms with Crippen LogP contribution in [0.1, 0.15) is 43.4 Å². The summed E-state index contributed by atoms with van der Waals surface area (Å²) >= 11 is 0. The van der Waals surface area contributed by atoms with Gasteiger partial charge >= 0.3 is 6.18 Å². The maximum Gasteiger partial charge on any atom is 0.416 e. The van der Waals surface area contributed by atoms with Crippen molar-refractivity contribution in [1.82, 2.24) is 10.3 Å². The van der Waals surface area contributed by atoms with E-state index in [2.05, 4.69) is 10.3 Å².